The third-order valence-electron chi connectivity index (χ3n) is 16.0. The highest BCUT2D eigenvalue weighted by atomic mass is 19.1. The van der Waals surface area contributed by atoms with Crippen molar-refractivity contribution in [1.82, 2.24) is 44.9 Å². The number of amides is 5. The van der Waals surface area contributed by atoms with Gasteiger partial charge in [-0.1, -0.05) is 55.7 Å². The SMILES string of the molecule is CC(C)(C)OC(=O)N1CCC[C@H](c2cccc(C(=O)N[C@@H](C(=O)N3CCC(CN4CCN(CC(=O)N5CCN(C(=O)c6cc(Cc7n[nH]c(=O)c8ccccc78)ccc6F)CC5)CC4)CC3)C3CCCCC3)c2)C1. The Morgan fingerprint density at radius 3 is 2.16 bits per heavy atom. The van der Waals surface area contributed by atoms with Gasteiger partial charge in [-0.2, -0.15) is 5.10 Å². The van der Waals surface area contributed by atoms with E-state index in [1.165, 1.54) is 6.07 Å². The van der Waals surface area contributed by atoms with Crippen LogP contribution in [0.15, 0.2) is 71.5 Å². The summed E-state index contributed by atoms with van der Waals surface area (Å²) in [5.41, 5.74) is 1.98. The Kier molecular flexibility index (Phi) is 16.8. The Hall–Kier alpha value is -6.20. The number of likely N-dealkylation sites (tertiary alicyclic amines) is 2. The van der Waals surface area contributed by atoms with E-state index in [0.29, 0.717) is 98.8 Å². The number of halogens is 1. The molecule has 16 nitrogen and oxygen atoms in total. The number of nitrogens with one attached hydrogen (secondary N) is 2. The van der Waals surface area contributed by atoms with E-state index >= 15 is 4.39 Å². The summed E-state index contributed by atoms with van der Waals surface area (Å²) in [5, 5.41) is 11.2. The van der Waals surface area contributed by atoms with Gasteiger partial charge >= 0.3 is 6.09 Å². The molecule has 5 heterocycles. The molecule has 2 atom stereocenters. The van der Waals surface area contributed by atoms with Gasteiger partial charge in [0, 0.05) is 108 Å². The zero-order chi connectivity index (χ0) is 51.9. The Labute approximate surface area is 433 Å². The number of piperazine rings is 2. The summed E-state index contributed by atoms with van der Waals surface area (Å²) in [4.78, 5) is 92.6. The molecule has 4 aromatic rings. The quantitative estimate of drug-likeness (QED) is 0.165. The number of rotatable bonds is 12. The lowest BCUT2D eigenvalue weighted by Crippen LogP contribution is -2.55. The summed E-state index contributed by atoms with van der Waals surface area (Å²) in [5.74, 6) is -0.564. The molecule has 4 saturated heterocycles. The van der Waals surface area contributed by atoms with Crippen molar-refractivity contribution in [3.05, 3.63) is 111 Å². The van der Waals surface area contributed by atoms with E-state index < -0.39 is 23.4 Å². The smallest absolute Gasteiger partial charge is 0.410 e. The first-order chi connectivity index (χ1) is 35.7. The first kappa shape index (κ1) is 52.7. The maximum atomic E-state index is 15.1. The van der Waals surface area contributed by atoms with Crippen LogP contribution >= 0.6 is 0 Å². The maximum absolute atomic E-state index is 15.1. The molecule has 0 unspecified atom stereocenters. The fraction of sp³-hybridized carbons (Fsp3) is 0.561. The summed E-state index contributed by atoms with van der Waals surface area (Å²) >= 11 is 0. The van der Waals surface area contributed by atoms with Gasteiger partial charge in [-0.25, -0.2) is 14.3 Å². The zero-order valence-corrected chi connectivity index (χ0v) is 43.5. The fourth-order valence-electron chi connectivity index (χ4n) is 11.7. The molecular weight excluding hydrogens is 942 g/mol. The molecule has 5 amide bonds. The number of piperidine rings is 2. The van der Waals surface area contributed by atoms with Crippen LogP contribution in [0.5, 0.6) is 0 Å². The highest BCUT2D eigenvalue weighted by Gasteiger charge is 2.37. The molecule has 0 spiro atoms. The average Bonchev–Trinajstić information content (AvgIpc) is 3.41. The zero-order valence-electron chi connectivity index (χ0n) is 43.5. The van der Waals surface area contributed by atoms with Crippen molar-refractivity contribution < 1.29 is 33.1 Å². The molecule has 396 valence electrons. The summed E-state index contributed by atoms with van der Waals surface area (Å²) in [6, 6.07) is 18.8. The first-order valence-electron chi connectivity index (χ1n) is 27.1. The van der Waals surface area contributed by atoms with Gasteiger partial charge in [-0.15, -0.1) is 0 Å². The van der Waals surface area contributed by atoms with Crippen molar-refractivity contribution in [2.75, 3.05) is 91.6 Å². The van der Waals surface area contributed by atoms with Gasteiger partial charge in [0.05, 0.1) is 23.2 Å². The fourth-order valence-corrected chi connectivity index (χ4v) is 11.7. The third kappa shape index (κ3) is 13.0. The molecule has 1 aliphatic carbocycles. The summed E-state index contributed by atoms with van der Waals surface area (Å²) in [7, 11) is 0. The Morgan fingerprint density at radius 2 is 1.43 bits per heavy atom. The molecule has 5 aliphatic rings. The predicted octanol–water partition coefficient (Wildman–Crippen LogP) is 6.29. The second-order valence-electron chi connectivity index (χ2n) is 22.3. The Balaban J connectivity index is 0.707. The molecule has 4 aliphatic heterocycles. The lowest BCUT2D eigenvalue weighted by atomic mass is 9.82. The topological polar surface area (TPSA) is 172 Å². The Bertz CT molecular complexity index is 2710. The maximum Gasteiger partial charge on any atom is 0.410 e. The summed E-state index contributed by atoms with van der Waals surface area (Å²) < 4.78 is 20.8. The van der Waals surface area contributed by atoms with Crippen LogP contribution in [0.2, 0.25) is 0 Å². The van der Waals surface area contributed by atoms with E-state index in [2.05, 4.69) is 25.3 Å². The van der Waals surface area contributed by atoms with E-state index in [1.54, 1.807) is 39.0 Å². The van der Waals surface area contributed by atoms with Crippen molar-refractivity contribution >= 4 is 40.5 Å². The van der Waals surface area contributed by atoms with E-state index in [-0.39, 0.29) is 46.8 Å². The van der Waals surface area contributed by atoms with E-state index in [0.717, 1.165) is 96.1 Å². The number of aromatic amines is 1. The minimum Gasteiger partial charge on any atom is -0.444 e. The van der Waals surface area contributed by atoms with Crippen molar-refractivity contribution in [2.24, 2.45) is 11.8 Å². The number of carbonyl (C=O) groups is 5. The van der Waals surface area contributed by atoms with Gasteiger partial charge in [-0.3, -0.25) is 28.9 Å². The number of aromatic nitrogens is 2. The molecule has 0 bridgehead atoms. The highest BCUT2D eigenvalue weighted by molar-refractivity contribution is 5.98. The number of hydrogen-bond acceptors (Lipinski definition) is 10. The minimum atomic E-state index is -0.608. The summed E-state index contributed by atoms with van der Waals surface area (Å²) in [6.07, 6.45) is 8.66. The number of hydrogen-bond donors (Lipinski definition) is 2. The van der Waals surface area contributed by atoms with Crippen LogP contribution in [0, 0.1) is 17.7 Å². The summed E-state index contributed by atoms with van der Waals surface area (Å²) in [6.45, 7) is 14.0. The van der Waals surface area contributed by atoms with Crippen molar-refractivity contribution in [2.45, 2.75) is 103 Å². The van der Waals surface area contributed by atoms with E-state index in [4.69, 9.17) is 4.74 Å². The second-order valence-corrected chi connectivity index (χ2v) is 22.3. The van der Waals surface area contributed by atoms with Crippen LogP contribution in [0.25, 0.3) is 10.8 Å². The number of carbonyl (C=O) groups excluding carboxylic acids is 5. The standard InChI is InChI=1S/C57H74FN9O7/c1-57(2,3)74-56(73)67-22-10-15-44(37-67)42-13-9-14-43(35-42)52(69)59-51(41-11-5-4-6-12-41)55(72)65-23-20-39(21-24-65)36-62-25-27-63(28-26-62)38-50(68)64-29-31-66(32-30-64)54(71)47-33-40(18-19-48(47)58)34-49-45-16-7-8-17-46(45)53(70)61-60-49/h7-9,13-14,16-19,33,35,39,41,44,51H,4-6,10-12,15,20-32,34,36-38H2,1-3H3,(H,59,69)(H,61,70)/t44-,51+/m0/s1. The van der Waals surface area contributed by atoms with Gasteiger partial charge in [0.25, 0.3) is 17.4 Å². The van der Waals surface area contributed by atoms with Gasteiger partial charge in [0.1, 0.15) is 17.5 Å². The van der Waals surface area contributed by atoms with E-state index in [1.807, 2.05) is 62.1 Å². The molecule has 1 aromatic heterocycles. The largest absolute Gasteiger partial charge is 0.444 e. The minimum absolute atomic E-state index is 0.0253. The highest BCUT2D eigenvalue weighted by Crippen LogP contribution is 2.31. The number of ether oxygens (including phenoxy) is 1. The molecule has 9 rings (SSSR count). The number of benzene rings is 3. The van der Waals surface area contributed by atoms with Gasteiger partial charge in [0.2, 0.25) is 11.8 Å². The van der Waals surface area contributed by atoms with Crippen LogP contribution in [-0.2, 0) is 20.7 Å². The molecular formula is C57H74FN9O7. The average molecular weight is 1020 g/mol. The van der Waals surface area contributed by atoms with Gasteiger partial charge < -0.3 is 34.6 Å². The van der Waals surface area contributed by atoms with Crippen molar-refractivity contribution in [3.8, 4) is 0 Å². The molecule has 0 radical (unpaired) electrons. The Morgan fingerprint density at radius 1 is 0.730 bits per heavy atom. The van der Waals surface area contributed by atoms with Crippen molar-refractivity contribution in [1.29, 1.82) is 0 Å². The molecule has 74 heavy (non-hydrogen) atoms. The number of nitrogens with zero attached hydrogens (tertiary/aromatic N) is 7. The number of H-pyrrole nitrogens is 1. The normalized spacial score (nSPS) is 20.4. The van der Waals surface area contributed by atoms with Crippen molar-refractivity contribution in [3.63, 3.8) is 0 Å². The van der Waals surface area contributed by atoms with Crippen LogP contribution in [0.4, 0.5) is 9.18 Å². The van der Waals surface area contributed by atoms with Crippen LogP contribution < -0.4 is 10.9 Å². The van der Waals surface area contributed by atoms with Gasteiger partial charge in [-0.05, 0) is 113 Å². The van der Waals surface area contributed by atoms with Crippen LogP contribution in [-0.4, -0.2) is 173 Å². The van der Waals surface area contributed by atoms with Crippen LogP contribution in [0.3, 0.4) is 0 Å². The predicted molar refractivity (Wildman–Crippen MR) is 280 cm³/mol. The molecule has 1 saturated carbocycles. The first-order valence-corrected chi connectivity index (χ1v) is 27.1. The third-order valence-corrected chi connectivity index (χ3v) is 16.0. The van der Waals surface area contributed by atoms with E-state index in [9.17, 15) is 28.8 Å². The monoisotopic (exact) mass is 1020 g/mol. The number of fused-ring (bicyclic) bond motifs is 1. The molecule has 17 heteroatoms. The van der Waals surface area contributed by atoms with Crippen LogP contribution in [0.1, 0.15) is 122 Å². The molecule has 5 fully saturated rings. The lowest BCUT2D eigenvalue weighted by Gasteiger charge is -2.41. The molecule has 3 aromatic carbocycles. The molecule has 2 N–H and O–H groups in total. The second kappa shape index (κ2) is 23.6. The lowest BCUT2D eigenvalue weighted by molar-refractivity contribution is -0.137. The van der Waals surface area contributed by atoms with Gasteiger partial charge in [0.15, 0.2) is 0 Å².